The Balaban J connectivity index is 1.53. The second-order valence-corrected chi connectivity index (χ2v) is 5.90. The van der Waals surface area contributed by atoms with E-state index in [9.17, 15) is 4.79 Å². The zero-order valence-corrected chi connectivity index (χ0v) is 10.8. The molecule has 1 amide bonds. The summed E-state index contributed by atoms with van der Waals surface area (Å²) >= 11 is 0. The van der Waals surface area contributed by atoms with Gasteiger partial charge in [-0.3, -0.25) is 4.79 Å². The monoisotopic (exact) mass is 255 g/mol. The Morgan fingerprint density at radius 1 is 1.21 bits per heavy atom. The number of carbonyl (C=O) groups is 1. The number of carbonyl (C=O) groups excluding carboxylic acids is 1. The summed E-state index contributed by atoms with van der Waals surface area (Å²) < 4.78 is 5.61. The third-order valence-corrected chi connectivity index (χ3v) is 4.70. The lowest BCUT2D eigenvalue weighted by Gasteiger charge is -2.22. The average Bonchev–Trinajstić information content (AvgIpc) is 3.12. The van der Waals surface area contributed by atoms with Crippen LogP contribution in [0.3, 0.4) is 0 Å². The third-order valence-electron chi connectivity index (χ3n) is 4.70. The Morgan fingerprint density at radius 3 is 2.84 bits per heavy atom. The van der Waals surface area contributed by atoms with E-state index in [2.05, 4.69) is 5.32 Å². The average molecular weight is 255 g/mol. The van der Waals surface area contributed by atoms with Gasteiger partial charge in [0.25, 0.3) is 5.91 Å². The molecule has 1 N–H and O–H groups in total. The Bertz CT molecular complexity index is 597. The number of amides is 1. The van der Waals surface area contributed by atoms with Gasteiger partial charge in [-0.1, -0.05) is 24.6 Å². The van der Waals surface area contributed by atoms with Crippen molar-refractivity contribution < 1.29 is 9.21 Å². The van der Waals surface area contributed by atoms with Crippen LogP contribution in [0, 0.1) is 11.8 Å². The molecular formula is C16H17NO2. The summed E-state index contributed by atoms with van der Waals surface area (Å²) in [6.45, 7) is 0. The number of furan rings is 1. The molecule has 3 heteroatoms. The predicted molar refractivity (Wildman–Crippen MR) is 72.9 cm³/mol. The topological polar surface area (TPSA) is 42.2 Å². The molecule has 2 bridgehead atoms. The first-order valence-corrected chi connectivity index (χ1v) is 7.09. The van der Waals surface area contributed by atoms with Gasteiger partial charge in [-0.2, -0.15) is 0 Å². The molecule has 0 saturated heterocycles. The number of hydrogen-bond donors (Lipinski definition) is 1. The van der Waals surface area contributed by atoms with Gasteiger partial charge in [0.1, 0.15) is 5.58 Å². The molecule has 2 saturated carbocycles. The summed E-state index contributed by atoms with van der Waals surface area (Å²) in [5.41, 5.74) is 0.778. The van der Waals surface area contributed by atoms with Crippen molar-refractivity contribution >= 4 is 16.9 Å². The van der Waals surface area contributed by atoms with E-state index in [0.717, 1.165) is 23.3 Å². The standard InChI is InChI=1S/C16H17NO2/c18-16(17-13-8-10-5-6-11(13)7-10)15-9-12-3-1-2-4-14(12)19-15/h1-4,9-11,13H,5-8H2,(H,17,18). The highest BCUT2D eigenvalue weighted by atomic mass is 16.3. The van der Waals surface area contributed by atoms with Crippen LogP contribution in [0.25, 0.3) is 11.0 Å². The lowest BCUT2D eigenvalue weighted by atomic mass is 9.95. The fourth-order valence-corrected chi connectivity index (χ4v) is 3.75. The van der Waals surface area contributed by atoms with Crippen LogP contribution in [0.4, 0.5) is 0 Å². The van der Waals surface area contributed by atoms with Gasteiger partial charge in [0.05, 0.1) is 0 Å². The van der Waals surface area contributed by atoms with Gasteiger partial charge >= 0.3 is 0 Å². The summed E-state index contributed by atoms with van der Waals surface area (Å²) in [7, 11) is 0. The van der Waals surface area contributed by atoms with Crippen LogP contribution in [-0.4, -0.2) is 11.9 Å². The summed E-state index contributed by atoms with van der Waals surface area (Å²) in [5.74, 6) is 1.90. The largest absolute Gasteiger partial charge is 0.451 e. The summed E-state index contributed by atoms with van der Waals surface area (Å²) in [6.07, 6.45) is 5.07. The van der Waals surface area contributed by atoms with Gasteiger partial charge in [-0.25, -0.2) is 0 Å². The molecule has 2 fully saturated rings. The van der Waals surface area contributed by atoms with Crippen LogP contribution < -0.4 is 5.32 Å². The third kappa shape index (κ3) is 1.84. The molecule has 19 heavy (non-hydrogen) atoms. The highest BCUT2D eigenvalue weighted by Gasteiger charge is 2.40. The van der Waals surface area contributed by atoms with Crippen molar-refractivity contribution in [3.63, 3.8) is 0 Å². The number of benzene rings is 1. The van der Waals surface area contributed by atoms with E-state index in [4.69, 9.17) is 4.42 Å². The van der Waals surface area contributed by atoms with E-state index >= 15 is 0 Å². The maximum Gasteiger partial charge on any atom is 0.287 e. The highest BCUT2D eigenvalue weighted by Crippen LogP contribution is 2.44. The van der Waals surface area contributed by atoms with Crippen LogP contribution in [-0.2, 0) is 0 Å². The van der Waals surface area contributed by atoms with E-state index in [1.54, 1.807) is 0 Å². The SMILES string of the molecule is O=C(NC1CC2CCC1C2)c1cc2ccccc2o1. The molecule has 4 rings (SSSR count). The van der Waals surface area contributed by atoms with Gasteiger partial charge in [0.2, 0.25) is 0 Å². The van der Waals surface area contributed by atoms with E-state index in [-0.39, 0.29) is 5.91 Å². The molecule has 2 aliphatic carbocycles. The van der Waals surface area contributed by atoms with Crippen LogP contribution >= 0.6 is 0 Å². The molecule has 0 aliphatic heterocycles. The first-order valence-electron chi connectivity index (χ1n) is 7.09. The fraction of sp³-hybridized carbons (Fsp3) is 0.438. The summed E-state index contributed by atoms with van der Waals surface area (Å²) in [6, 6.07) is 9.92. The lowest BCUT2D eigenvalue weighted by molar-refractivity contribution is 0.0897. The van der Waals surface area contributed by atoms with E-state index < -0.39 is 0 Å². The van der Waals surface area contributed by atoms with Crippen molar-refractivity contribution in [2.75, 3.05) is 0 Å². The smallest absolute Gasteiger partial charge is 0.287 e. The second-order valence-electron chi connectivity index (χ2n) is 5.90. The molecule has 3 nitrogen and oxygen atoms in total. The predicted octanol–water partition coefficient (Wildman–Crippen LogP) is 3.35. The molecule has 0 spiro atoms. The minimum atomic E-state index is -0.0613. The van der Waals surface area contributed by atoms with Crippen molar-refractivity contribution in [3.8, 4) is 0 Å². The van der Waals surface area contributed by atoms with Gasteiger partial charge in [-0.15, -0.1) is 0 Å². The number of nitrogens with one attached hydrogen (secondary N) is 1. The van der Waals surface area contributed by atoms with Crippen LogP contribution in [0.1, 0.15) is 36.2 Å². The van der Waals surface area contributed by atoms with Crippen LogP contribution in [0.15, 0.2) is 34.7 Å². The molecule has 1 aromatic heterocycles. The van der Waals surface area contributed by atoms with Crippen molar-refractivity contribution in [2.24, 2.45) is 11.8 Å². The van der Waals surface area contributed by atoms with Gasteiger partial charge in [0, 0.05) is 11.4 Å². The zero-order chi connectivity index (χ0) is 12.8. The van der Waals surface area contributed by atoms with Crippen molar-refractivity contribution in [2.45, 2.75) is 31.7 Å². The molecule has 2 aromatic rings. The second kappa shape index (κ2) is 4.12. The quantitative estimate of drug-likeness (QED) is 0.894. The van der Waals surface area contributed by atoms with Gasteiger partial charge in [-0.05, 0) is 43.2 Å². The summed E-state index contributed by atoms with van der Waals surface area (Å²) in [5, 5.41) is 4.14. The number of fused-ring (bicyclic) bond motifs is 3. The summed E-state index contributed by atoms with van der Waals surface area (Å²) in [4.78, 5) is 12.2. The Morgan fingerprint density at radius 2 is 2.11 bits per heavy atom. The normalized spacial score (nSPS) is 28.9. The van der Waals surface area contributed by atoms with Crippen molar-refractivity contribution in [3.05, 3.63) is 36.1 Å². The van der Waals surface area contributed by atoms with E-state index in [1.807, 2.05) is 30.3 Å². The molecule has 3 unspecified atom stereocenters. The highest BCUT2D eigenvalue weighted by molar-refractivity contribution is 5.96. The first kappa shape index (κ1) is 11.1. The van der Waals surface area contributed by atoms with Crippen molar-refractivity contribution in [1.82, 2.24) is 5.32 Å². The van der Waals surface area contributed by atoms with Crippen LogP contribution in [0.5, 0.6) is 0 Å². The van der Waals surface area contributed by atoms with Crippen LogP contribution in [0.2, 0.25) is 0 Å². The van der Waals surface area contributed by atoms with Gasteiger partial charge in [0.15, 0.2) is 5.76 Å². The molecular weight excluding hydrogens is 238 g/mol. The minimum absolute atomic E-state index is 0.0613. The molecule has 1 aromatic carbocycles. The number of rotatable bonds is 2. The Hall–Kier alpha value is -1.77. The number of hydrogen-bond acceptors (Lipinski definition) is 2. The van der Waals surface area contributed by atoms with Crippen molar-refractivity contribution in [1.29, 1.82) is 0 Å². The zero-order valence-electron chi connectivity index (χ0n) is 10.8. The minimum Gasteiger partial charge on any atom is -0.451 e. The molecule has 98 valence electrons. The molecule has 1 heterocycles. The van der Waals surface area contributed by atoms with E-state index in [0.29, 0.717) is 17.7 Å². The molecule has 0 radical (unpaired) electrons. The Kier molecular flexibility index (Phi) is 2.40. The molecule has 2 aliphatic rings. The lowest BCUT2D eigenvalue weighted by Crippen LogP contribution is -2.38. The maximum absolute atomic E-state index is 12.2. The van der Waals surface area contributed by atoms with Gasteiger partial charge < -0.3 is 9.73 Å². The first-order chi connectivity index (χ1) is 9.29. The Labute approximate surface area is 112 Å². The number of para-hydroxylation sites is 1. The van der Waals surface area contributed by atoms with E-state index in [1.165, 1.54) is 19.3 Å². The maximum atomic E-state index is 12.2. The molecule has 3 atom stereocenters. The fourth-order valence-electron chi connectivity index (χ4n) is 3.75.